The smallest absolute Gasteiger partial charge is 0.164 e. The number of aliphatic hydroxyl groups excluding tert-OH is 3. The first-order valence-electron chi connectivity index (χ1n) is 6.66. The van der Waals surface area contributed by atoms with Crippen molar-refractivity contribution in [1.29, 1.82) is 0 Å². The number of fused-ring (bicyclic) bond motifs is 1. The zero-order valence-electron chi connectivity index (χ0n) is 11.5. The minimum absolute atomic E-state index is 0.0168. The first-order chi connectivity index (χ1) is 10.9. The maximum Gasteiger partial charge on any atom is 0.164 e. The second-order valence-electron chi connectivity index (χ2n) is 5.20. The highest BCUT2D eigenvalue weighted by Gasteiger charge is 2.44. The third-order valence-electron chi connectivity index (χ3n) is 3.91. The molecule has 3 N–H and O–H groups in total. The maximum absolute atomic E-state index is 11.4. The lowest BCUT2D eigenvalue weighted by Crippen LogP contribution is -2.33. The molecule has 2 heterocycles. The molecule has 1 aliphatic rings. The minimum atomic E-state index is -1.34. The van der Waals surface area contributed by atoms with Gasteiger partial charge in [0.25, 0.3) is 0 Å². The number of ether oxygens (including phenoxy) is 1. The van der Waals surface area contributed by atoms with Gasteiger partial charge in [-0.05, 0) is 12.1 Å². The Labute approximate surface area is 145 Å². The quantitative estimate of drug-likeness (QED) is 0.709. The van der Waals surface area contributed by atoms with E-state index in [0.717, 1.165) is 0 Å². The van der Waals surface area contributed by atoms with Crippen LogP contribution in [0.25, 0.3) is 10.9 Å². The van der Waals surface area contributed by atoms with E-state index in [-0.39, 0.29) is 20.8 Å². The molecule has 9 heteroatoms. The largest absolute Gasteiger partial charge is 0.394 e. The molecule has 2 aromatic rings. The van der Waals surface area contributed by atoms with E-state index in [9.17, 15) is 20.1 Å². The van der Waals surface area contributed by atoms with Gasteiger partial charge in [-0.3, -0.25) is 4.79 Å². The molecule has 1 aliphatic heterocycles. The van der Waals surface area contributed by atoms with E-state index in [4.69, 9.17) is 39.5 Å². The molecule has 3 rings (SSSR count). The van der Waals surface area contributed by atoms with Gasteiger partial charge in [0.15, 0.2) is 12.5 Å². The Bertz CT molecular complexity index is 778. The molecule has 23 heavy (non-hydrogen) atoms. The van der Waals surface area contributed by atoms with Crippen molar-refractivity contribution in [3.05, 3.63) is 32.9 Å². The van der Waals surface area contributed by atoms with Crippen molar-refractivity contribution < 1.29 is 24.9 Å². The molecule has 0 aliphatic carbocycles. The minimum Gasteiger partial charge on any atom is -0.394 e. The summed E-state index contributed by atoms with van der Waals surface area (Å²) in [6.45, 7) is -0.474. The molecule has 124 valence electrons. The molecule has 0 radical (unpaired) electrons. The van der Waals surface area contributed by atoms with Crippen LogP contribution in [-0.2, 0) is 4.74 Å². The molecule has 4 atom stereocenters. The second-order valence-corrected chi connectivity index (χ2v) is 6.38. The summed E-state index contributed by atoms with van der Waals surface area (Å²) < 4.78 is 6.83. The summed E-state index contributed by atoms with van der Waals surface area (Å²) in [5, 5.41) is 30.2. The van der Waals surface area contributed by atoms with Crippen LogP contribution in [0.1, 0.15) is 16.6 Å². The first-order valence-corrected chi connectivity index (χ1v) is 7.80. The molecule has 2 unspecified atom stereocenters. The Hall–Kier alpha value is -0.860. The fraction of sp³-hybridized carbons (Fsp3) is 0.357. The normalized spacial score (nSPS) is 27.7. The molecule has 0 bridgehead atoms. The summed E-state index contributed by atoms with van der Waals surface area (Å²) in [4.78, 5) is 11.4. The van der Waals surface area contributed by atoms with E-state index in [2.05, 4.69) is 0 Å². The van der Waals surface area contributed by atoms with Crippen LogP contribution >= 0.6 is 34.8 Å². The lowest BCUT2D eigenvalue weighted by molar-refractivity contribution is -0.0505. The lowest BCUT2D eigenvalue weighted by Gasteiger charge is -2.19. The van der Waals surface area contributed by atoms with Crippen molar-refractivity contribution >= 4 is 52.0 Å². The zero-order valence-corrected chi connectivity index (χ0v) is 13.8. The van der Waals surface area contributed by atoms with Gasteiger partial charge in [0, 0.05) is 5.39 Å². The molecule has 0 amide bonds. The molecule has 1 fully saturated rings. The van der Waals surface area contributed by atoms with E-state index >= 15 is 0 Å². The Morgan fingerprint density at radius 2 is 1.83 bits per heavy atom. The zero-order chi connectivity index (χ0) is 16.9. The van der Waals surface area contributed by atoms with Gasteiger partial charge < -0.3 is 24.6 Å². The molecular formula is C14H12Cl3NO5. The standard InChI is InChI=1S/C14H12Cl3NO5/c15-7-1-5-6(3-19)13(17)18(9(5)2-8(7)16)14-12(22)11(21)10(4-20)23-14/h1-3,10-12,14,20-22H,4H2/t10-,11?,12?,14-/m1/s1. The number of hydrogen-bond donors (Lipinski definition) is 3. The van der Waals surface area contributed by atoms with Crippen molar-refractivity contribution in [2.45, 2.75) is 24.5 Å². The summed E-state index contributed by atoms with van der Waals surface area (Å²) in [5.41, 5.74) is 0.583. The van der Waals surface area contributed by atoms with Gasteiger partial charge in [-0.25, -0.2) is 0 Å². The maximum atomic E-state index is 11.4. The Balaban J connectivity index is 2.24. The highest BCUT2D eigenvalue weighted by atomic mass is 35.5. The number of halogens is 3. The number of nitrogens with zero attached hydrogens (tertiary/aromatic N) is 1. The number of rotatable bonds is 3. The van der Waals surface area contributed by atoms with Gasteiger partial charge in [-0.15, -0.1) is 0 Å². The Morgan fingerprint density at radius 3 is 2.39 bits per heavy atom. The monoisotopic (exact) mass is 379 g/mol. The molecule has 6 nitrogen and oxygen atoms in total. The van der Waals surface area contributed by atoms with Gasteiger partial charge in [0.05, 0.1) is 27.7 Å². The van der Waals surface area contributed by atoms with E-state index in [1.165, 1.54) is 16.7 Å². The van der Waals surface area contributed by atoms with E-state index < -0.39 is 31.1 Å². The van der Waals surface area contributed by atoms with Gasteiger partial charge in [-0.1, -0.05) is 34.8 Å². The average molecular weight is 381 g/mol. The highest BCUT2D eigenvalue weighted by molar-refractivity contribution is 6.43. The van der Waals surface area contributed by atoms with Crippen LogP contribution < -0.4 is 0 Å². The Morgan fingerprint density at radius 1 is 1.17 bits per heavy atom. The number of carbonyl (C=O) groups is 1. The van der Waals surface area contributed by atoms with Crippen LogP contribution in [-0.4, -0.2) is 51.1 Å². The van der Waals surface area contributed by atoms with Crippen LogP contribution in [0, 0.1) is 0 Å². The number of benzene rings is 1. The van der Waals surface area contributed by atoms with Crippen molar-refractivity contribution in [2.24, 2.45) is 0 Å². The van der Waals surface area contributed by atoms with Crippen LogP contribution in [0.2, 0.25) is 15.2 Å². The third kappa shape index (κ3) is 2.55. The molecule has 1 saturated heterocycles. The molecule has 1 aromatic heterocycles. The van der Waals surface area contributed by atoms with Crippen molar-refractivity contribution in [3.63, 3.8) is 0 Å². The summed E-state index contributed by atoms with van der Waals surface area (Å²) in [7, 11) is 0. The predicted molar refractivity (Wildman–Crippen MR) is 85.4 cm³/mol. The van der Waals surface area contributed by atoms with Crippen LogP contribution in [0.4, 0.5) is 0 Å². The van der Waals surface area contributed by atoms with E-state index in [1.54, 1.807) is 0 Å². The van der Waals surface area contributed by atoms with Crippen LogP contribution in [0.15, 0.2) is 12.1 Å². The third-order valence-corrected chi connectivity index (χ3v) is 5.02. The fourth-order valence-corrected chi connectivity index (χ4v) is 3.41. The lowest BCUT2D eigenvalue weighted by atomic mass is 10.1. The number of aromatic nitrogens is 1. The predicted octanol–water partition coefficient (Wildman–Crippen LogP) is 2.03. The van der Waals surface area contributed by atoms with Gasteiger partial charge >= 0.3 is 0 Å². The SMILES string of the molecule is O=Cc1c(Cl)n([C@@H]2O[C@H](CO)C(O)C2O)c2cc(Cl)c(Cl)cc12. The summed E-state index contributed by atoms with van der Waals surface area (Å²) >= 11 is 18.3. The first kappa shape index (κ1) is 17.0. The molecular weight excluding hydrogens is 369 g/mol. The summed E-state index contributed by atoms with van der Waals surface area (Å²) in [6, 6.07) is 2.99. The summed E-state index contributed by atoms with van der Waals surface area (Å²) in [5.74, 6) is 0. The summed E-state index contributed by atoms with van der Waals surface area (Å²) in [6.07, 6.45) is -4.11. The number of hydrogen-bond acceptors (Lipinski definition) is 5. The van der Waals surface area contributed by atoms with Crippen LogP contribution in [0.3, 0.4) is 0 Å². The fourth-order valence-electron chi connectivity index (χ4n) is 2.75. The molecule has 1 aromatic carbocycles. The number of carbonyl (C=O) groups excluding carboxylic acids is 1. The number of aldehydes is 1. The second kappa shape index (κ2) is 6.22. The van der Waals surface area contributed by atoms with Crippen molar-refractivity contribution in [3.8, 4) is 0 Å². The van der Waals surface area contributed by atoms with E-state index in [0.29, 0.717) is 17.2 Å². The van der Waals surface area contributed by atoms with Gasteiger partial charge in [0.1, 0.15) is 23.5 Å². The Kier molecular flexibility index (Phi) is 4.59. The van der Waals surface area contributed by atoms with Gasteiger partial charge in [0.2, 0.25) is 0 Å². The highest BCUT2D eigenvalue weighted by Crippen LogP contribution is 2.40. The van der Waals surface area contributed by atoms with Gasteiger partial charge in [-0.2, -0.15) is 0 Å². The average Bonchev–Trinajstić information content (AvgIpc) is 2.94. The van der Waals surface area contributed by atoms with E-state index in [1.807, 2.05) is 0 Å². The topological polar surface area (TPSA) is 91.9 Å². The molecule has 0 spiro atoms. The van der Waals surface area contributed by atoms with Crippen LogP contribution in [0.5, 0.6) is 0 Å². The molecule has 0 saturated carbocycles. The number of aliphatic hydroxyl groups is 3. The van der Waals surface area contributed by atoms with Crippen molar-refractivity contribution in [1.82, 2.24) is 4.57 Å². The van der Waals surface area contributed by atoms with Crippen molar-refractivity contribution in [2.75, 3.05) is 6.61 Å².